The van der Waals surface area contributed by atoms with Gasteiger partial charge in [-0.1, -0.05) is 30.7 Å². The summed E-state index contributed by atoms with van der Waals surface area (Å²) >= 11 is 7.62. The number of nitrogens with one attached hydrogen (secondary N) is 1. The fourth-order valence-electron chi connectivity index (χ4n) is 1.90. The summed E-state index contributed by atoms with van der Waals surface area (Å²) in [4.78, 5) is 23.5. The van der Waals surface area contributed by atoms with E-state index in [0.29, 0.717) is 11.3 Å². The molecule has 0 radical (unpaired) electrons. The van der Waals surface area contributed by atoms with Gasteiger partial charge in [0.2, 0.25) is 0 Å². The first-order valence-corrected chi connectivity index (χ1v) is 8.36. The summed E-state index contributed by atoms with van der Waals surface area (Å²) in [5, 5.41) is 13.5. The number of nitro groups is 1. The summed E-state index contributed by atoms with van der Waals surface area (Å²) in [5.74, 6) is 0.628. The highest BCUT2D eigenvalue weighted by Gasteiger charge is 2.15. The first kappa shape index (κ1) is 17.3. The van der Waals surface area contributed by atoms with Crippen molar-refractivity contribution in [3.63, 3.8) is 0 Å². The minimum absolute atomic E-state index is 0.119. The molecule has 23 heavy (non-hydrogen) atoms. The number of carbonyl (C=O) groups excluding carboxylic acids is 1. The van der Waals surface area contributed by atoms with E-state index in [9.17, 15) is 14.9 Å². The van der Waals surface area contributed by atoms with Crippen LogP contribution >= 0.6 is 23.4 Å². The Morgan fingerprint density at radius 3 is 2.70 bits per heavy atom. The molecule has 0 saturated carbocycles. The van der Waals surface area contributed by atoms with E-state index in [1.165, 1.54) is 18.2 Å². The van der Waals surface area contributed by atoms with Crippen molar-refractivity contribution in [1.82, 2.24) is 0 Å². The minimum Gasteiger partial charge on any atom is -0.321 e. The summed E-state index contributed by atoms with van der Waals surface area (Å²) in [6, 6.07) is 11.3. The maximum absolute atomic E-state index is 12.5. The number of non-ortho nitro benzene ring substituents is 1. The number of amides is 1. The van der Waals surface area contributed by atoms with Crippen molar-refractivity contribution in [2.45, 2.75) is 18.2 Å². The number of halogens is 1. The highest BCUT2D eigenvalue weighted by atomic mass is 35.5. The Morgan fingerprint density at radius 2 is 2.04 bits per heavy atom. The molecular weight excluding hydrogens is 336 g/mol. The topological polar surface area (TPSA) is 72.2 Å². The molecule has 2 aromatic carbocycles. The van der Waals surface area contributed by atoms with Gasteiger partial charge in [-0.15, -0.1) is 11.8 Å². The summed E-state index contributed by atoms with van der Waals surface area (Å²) in [6.45, 7) is 2.08. The monoisotopic (exact) mass is 350 g/mol. The summed E-state index contributed by atoms with van der Waals surface area (Å²) < 4.78 is 0. The lowest BCUT2D eigenvalue weighted by Crippen LogP contribution is -2.13. The zero-order chi connectivity index (χ0) is 16.8. The fourth-order valence-corrected chi connectivity index (χ4v) is 3.04. The maximum atomic E-state index is 12.5. The van der Waals surface area contributed by atoms with Gasteiger partial charge in [0.15, 0.2) is 0 Å². The van der Waals surface area contributed by atoms with Gasteiger partial charge in [-0.05, 0) is 30.4 Å². The van der Waals surface area contributed by atoms with Gasteiger partial charge in [0.05, 0.1) is 21.2 Å². The Bertz CT molecular complexity index is 737. The van der Waals surface area contributed by atoms with Crippen LogP contribution < -0.4 is 5.32 Å². The third-order valence-corrected chi connectivity index (χ3v) is 4.60. The van der Waals surface area contributed by atoms with Crippen molar-refractivity contribution in [3.05, 3.63) is 63.2 Å². The molecule has 0 aromatic heterocycles. The van der Waals surface area contributed by atoms with Gasteiger partial charge in [0, 0.05) is 17.0 Å². The molecule has 2 aromatic rings. The average molecular weight is 351 g/mol. The second kappa shape index (κ2) is 7.99. The minimum atomic E-state index is -0.534. The van der Waals surface area contributed by atoms with E-state index in [-0.39, 0.29) is 16.6 Å². The standard InChI is InChI=1S/C16H15ClN2O3S/c1-2-9-23-15-6-4-3-5-12(15)16(20)18-14-8-7-11(19(21)22)10-13(14)17/h3-8,10H,2,9H2,1H3,(H,18,20). The van der Waals surface area contributed by atoms with Crippen molar-refractivity contribution in [2.24, 2.45) is 0 Å². The molecule has 0 heterocycles. The highest BCUT2D eigenvalue weighted by molar-refractivity contribution is 7.99. The molecule has 1 amide bonds. The largest absolute Gasteiger partial charge is 0.321 e. The molecule has 0 bridgehead atoms. The number of thioether (sulfide) groups is 1. The molecule has 2 rings (SSSR count). The molecule has 0 aliphatic heterocycles. The van der Waals surface area contributed by atoms with Crippen LogP contribution in [-0.2, 0) is 0 Å². The van der Waals surface area contributed by atoms with E-state index >= 15 is 0 Å². The van der Waals surface area contributed by atoms with E-state index in [1.807, 2.05) is 12.1 Å². The molecule has 0 fully saturated rings. The summed E-state index contributed by atoms with van der Waals surface area (Å²) in [7, 11) is 0. The molecule has 1 N–H and O–H groups in total. The number of rotatable bonds is 6. The van der Waals surface area contributed by atoms with Crippen LogP contribution in [0.15, 0.2) is 47.4 Å². The first-order valence-electron chi connectivity index (χ1n) is 7.00. The van der Waals surface area contributed by atoms with Gasteiger partial charge in [-0.25, -0.2) is 0 Å². The van der Waals surface area contributed by atoms with Crippen LogP contribution in [0.1, 0.15) is 23.7 Å². The first-order chi connectivity index (χ1) is 11.0. The molecular formula is C16H15ClN2O3S. The van der Waals surface area contributed by atoms with Gasteiger partial charge in [-0.2, -0.15) is 0 Å². The summed E-state index contributed by atoms with van der Waals surface area (Å²) in [5.41, 5.74) is 0.782. The van der Waals surface area contributed by atoms with Crippen molar-refractivity contribution in [2.75, 3.05) is 11.1 Å². The molecule has 0 aliphatic carbocycles. The average Bonchev–Trinajstić information content (AvgIpc) is 2.54. The van der Waals surface area contributed by atoms with E-state index in [0.717, 1.165) is 17.1 Å². The lowest BCUT2D eigenvalue weighted by Gasteiger charge is -2.10. The zero-order valence-electron chi connectivity index (χ0n) is 12.4. The van der Waals surface area contributed by atoms with Crippen molar-refractivity contribution in [1.29, 1.82) is 0 Å². The Hall–Kier alpha value is -2.05. The fraction of sp³-hybridized carbons (Fsp3) is 0.188. The predicted molar refractivity (Wildman–Crippen MR) is 93.5 cm³/mol. The number of nitrogens with zero attached hydrogens (tertiary/aromatic N) is 1. The Kier molecular flexibility index (Phi) is 6.01. The van der Waals surface area contributed by atoms with Crippen LogP contribution in [0.25, 0.3) is 0 Å². The molecule has 0 saturated heterocycles. The smallest absolute Gasteiger partial charge is 0.271 e. The number of hydrogen-bond donors (Lipinski definition) is 1. The van der Waals surface area contributed by atoms with Gasteiger partial charge in [0.25, 0.3) is 11.6 Å². The highest BCUT2D eigenvalue weighted by Crippen LogP contribution is 2.28. The van der Waals surface area contributed by atoms with Crippen LogP contribution in [0.4, 0.5) is 11.4 Å². The van der Waals surface area contributed by atoms with Gasteiger partial charge in [0.1, 0.15) is 0 Å². The van der Waals surface area contributed by atoms with Crippen molar-refractivity contribution < 1.29 is 9.72 Å². The van der Waals surface area contributed by atoms with Crippen LogP contribution in [0, 0.1) is 10.1 Å². The molecule has 0 unspecified atom stereocenters. The van der Waals surface area contributed by atoms with Crippen LogP contribution in [-0.4, -0.2) is 16.6 Å². The van der Waals surface area contributed by atoms with E-state index in [1.54, 1.807) is 23.9 Å². The Balaban J connectivity index is 2.21. The second-order valence-corrected chi connectivity index (χ2v) is 6.26. The SMILES string of the molecule is CCCSc1ccccc1C(=O)Nc1ccc([N+](=O)[O-])cc1Cl. The van der Waals surface area contributed by atoms with E-state index < -0.39 is 4.92 Å². The van der Waals surface area contributed by atoms with Crippen molar-refractivity contribution >= 4 is 40.6 Å². The third-order valence-electron chi connectivity index (χ3n) is 3.01. The van der Waals surface area contributed by atoms with Gasteiger partial charge >= 0.3 is 0 Å². The number of carbonyl (C=O) groups is 1. The van der Waals surface area contributed by atoms with Crippen molar-refractivity contribution in [3.8, 4) is 0 Å². The van der Waals surface area contributed by atoms with Gasteiger partial charge in [-0.3, -0.25) is 14.9 Å². The zero-order valence-corrected chi connectivity index (χ0v) is 14.0. The van der Waals surface area contributed by atoms with Crippen LogP contribution in [0.3, 0.4) is 0 Å². The number of hydrogen-bond acceptors (Lipinski definition) is 4. The molecule has 0 aliphatic rings. The molecule has 5 nitrogen and oxygen atoms in total. The Labute approximate surface area is 143 Å². The lowest BCUT2D eigenvalue weighted by molar-refractivity contribution is -0.384. The molecule has 7 heteroatoms. The third kappa shape index (κ3) is 4.46. The Morgan fingerprint density at radius 1 is 1.30 bits per heavy atom. The van der Waals surface area contributed by atoms with Crippen LogP contribution in [0.2, 0.25) is 5.02 Å². The lowest BCUT2D eigenvalue weighted by atomic mass is 10.2. The normalized spacial score (nSPS) is 10.3. The number of benzene rings is 2. The quantitative estimate of drug-likeness (QED) is 0.452. The maximum Gasteiger partial charge on any atom is 0.271 e. The van der Waals surface area contributed by atoms with E-state index in [4.69, 9.17) is 11.6 Å². The number of anilines is 1. The van der Waals surface area contributed by atoms with Crippen LogP contribution in [0.5, 0.6) is 0 Å². The molecule has 120 valence electrons. The second-order valence-electron chi connectivity index (χ2n) is 4.72. The summed E-state index contributed by atoms with van der Waals surface area (Å²) in [6.07, 6.45) is 1.01. The van der Waals surface area contributed by atoms with Gasteiger partial charge < -0.3 is 5.32 Å². The molecule has 0 atom stereocenters. The van der Waals surface area contributed by atoms with E-state index in [2.05, 4.69) is 12.2 Å². The molecule has 0 spiro atoms. The number of nitro benzene ring substituents is 1. The predicted octanol–water partition coefficient (Wildman–Crippen LogP) is 5.00.